The van der Waals surface area contributed by atoms with E-state index in [1.807, 2.05) is 25.1 Å². The van der Waals surface area contributed by atoms with Crippen molar-refractivity contribution in [2.24, 2.45) is 0 Å². The summed E-state index contributed by atoms with van der Waals surface area (Å²) < 4.78 is 5.43. The predicted octanol–water partition coefficient (Wildman–Crippen LogP) is 3.82. The van der Waals surface area contributed by atoms with Crippen LogP contribution in [0.4, 0.5) is 5.69 Å². The van der Waals surface area contributed by atoms with Crippen molar-refractivity contribution in [3.63, 3.8) is 0 Å². The second-order valence-electron chi connectivity index (χ2n) is 4.71. The highest BCUT2D eigenvalue weighted by molar-refractivity contribution is 7.09. The molecule has 0 saturated heterocycles. The third-order valence-corrected chi connectivity index (χ3v) is 3.91. The molecule has 5 heteroatoms. The van der Waals surface area contributed by atoms with E-state index in [1.165, 1.54) is 0 Å². The van der Waals surface area contributed by atoms with Gasteiger partial charge in [0.05, 0.1) is 17.2 Å². The molecular formula is C16H16N2O2S. The highest BCUT2D eigenvalue weighted by Gasteiger charge is 2.03. The van der Waals surface area contributed by atoms with Crippen molar-refractivity contribution in [1.82, 2.24) is 4.98 Å². The van der Waals surface area contributed by atoms with Gasteiger partial charge >= 0.3 is 0 Å². The Morgan fingerprint density at radius 1 is 1.14 bits per heavy atom. The lowest BCUT2D eigenvalue weighted by Crippen LogP contribution is -1.97. The maximum atomic E-state index is 8.96. The molecule has 3 rings (SSSR count). The number of thiazole rings is 1. The Morgan fingerprint density at radius 3 is 2.52 bits per heavy atom. The fourth-order valence-corrected chi connectivity index (χ4v) is 2.67. The third kappa shape index (κ3) is 3.32. The van der Waals surface area contributed by atoms with Crippen molar-refractivity contribution in [3.8, 4) is 11.3 Å². The van der Waals surface area contributed by atoms with E-state index < -0.39 is 0 Å². The molecule has 0 atom stereocenters. The first-order valence-corrected chi connectivity index (χ1v) is 7.57. The van der Waals surface area contributed by atoms with Gasteiger partial charge < -0.3 is 14.8 Å². The van der Waals surface area contributed by atoms with Crippen LogP contribution < -0.4 is 5.32 Å². The van der Waals surface area contributed by atoms with Crippen molar-refractivity contribution in [3.05, 3.63) is 58.3 Å². The van der Waals surface area contributed by atoms with Gasteiger partial charge in [-0.1, -0.05) is 12.1 Å². The van der Waals surface area contributed by atoms with Crippen molar-refractivity contribution in [2.75, 3.05) is 5.32 Å². The Balaban J connectivity index is 1.64. The summed E-state index contributed by atoms with van der Waals surface area (Å²) in [6.07, 6.45) is 0. The van der Waals surface area contributed by atoms with E-state index in [4.69, 9.17) is 9.52 Å². The van der Waals surface area contributed by atoms with Crippen LogP contribution in [0.25, 0.3) is 11.3 Å². The Morgan fingerprint density at radius 2 is 1.90 bits per heavy atom. The molecule has 1 aromatic carbocycles. The summed E-state index contributed by atoms with van der Waals surface area (Å²) in [5.74, 6) is 1.39. The molecule has 0 unspecified atom stereocenters. The molecule has 0 saturated carbocycles. The zero-order chi connectivity index (χ0) is 14.7. The number of aryl methyl sites for hydroxylation is 1. The lowest BCUT2D eigenvalue weighted by Gasteiger charge is -2.05. The molecule has 0 bridgehead atoms. The van der Waals surface area contributed by atoms with Gasteiger partial charge in [-0.3, -0.25) is 0 Å². The van der Waals surface area contributed by atoms with Crippen LogP contribution in [0.5, 0.6) is 0 Å². The van der Waals surface area contributed by atoms with Gasteiger partial charge in [-0.15, -0.1) is 11.3 Å². The smallest absolute Gasteiger partial charge is 0.129 e. The highest BCUT2D eigenvalue weighted by Crippen LogP contribution is 2.23. The molecule has 3 aromatic rings. The highest BCUT2D eigenvalue weighted by atomic mass is 32.1. The number of anilines is 1. The minimum atomic E-state index is -0.0677. The van der Waals surface area contributed by atoms with Gasteiger partial charge in [0.25, 0.3) is 0 Å². The summed E-state index contributed by atoms with van der Waals surface area (Å²) in [6, 6.07) is 11.8. The minimum absolute atomic E-state index is 0.0677. The standard InChI is InChI=1S/C16H16N2O2S/c1-11-18-16(10-21-11)12-2-4-13(5-3-12)17-8-14-6-7-15(9-19)20-14/h2-7,10,17,19H,8-9H2,1H3. The molecule has 2 heterocycles. The minimum Gasteiger partial charge on any atom is -0.462 e. The maximum absolute atomic E-state index is 8.96. The van der Waals surface area contributed by atoms with Crippen molar-refractivity contribution < 1.29 is 9.52 Å². The molecule has 0 radical (unpaired) electrons. The molecule has 2 N–H and O–H groups in total. The van der Waals surface area contributed by atoms with Crippen molar-refractivity contribution in [1.29, 1.82) is 0 Å². The molecule has 0 spiro atoms. The van der Waals surface area contributed by atoms with Crippen LogP contribution >= 0.6 is 11.3 Å². The van der Waals surface area contributed by atoms with Gasteiger partial charge in [0.15, 0.2) is 0 Å². The number of rotatable bonds is 5. The van der Waals surface area contributed by atoms with Crippen LogP contribution in [0.2, 0.25) is 0 Å². The van der Waals surface area contributed by atoms with Crippen molar-refractivity contribution in [2.45, 2.75) is 20.1 Å². The summed E-state index contributed by atoms with van der Waals surface area (Å²) >= 11 is 1.66. The number of aliphatic hydroxyl groups is 1. The number of aliphatic hydroxyl groups excluding tert-OH is 1. The lowest BCUT2D eigenvalue weighted by molar-refractivity contribution is 0.244. The van der Waals surface area contributed by atoms with Gasteiger partial charge in [0.1, 0.15) is 18.1 Å². The molecule has 4 nitrogen and oxygen atoms in total. The Hall–Kier alpha value is -2.11. The summed E-state index contributed by atoms with van der Waals surface area (Å²) in [7, 11) is 0. The first-order chi connectivity index (χ1) is 10.2. The van der Waals surface area contributed by atoms with Crippen LogP contribution in [-0.2, 0) is 13.2 Å². The van der Waals surface area contributed by atoms with Crippen LogP contribution in [-0.4, -0.2) is 10.1 Å². The number of hydrogen-bond donors (Lipinski definition) is 2. The van der Waals surface area contributed by atoms with E-state index >= 15 is 0 Å². The number of aromatic nitrogens is 1. The van der Waals surface area contributed by atoms with Crippen LogP contribution in [0.1, 0.15) is 16.5 Å². The number of benzene rings is 1. The van der Waals surface area contributed by atoms with E-state index in [1.54, 1.807) is 17.4 Å². The second-order valence-corrected chi connectivity index (χ2v) is 5.77. The quantitative estimate of drug-likeness (QED) is 0.752. The number of hydrogen-bond acceptors (Lipinski definition) is 5. The fourth-order valence-electron chi connectivity index (χ4n) is 2.05. The molecular weight excluding hydrogens is 284 g/mol. The number of nitrogens with zero attached hydrogens (tertiary/aromatic N) is 1. The zero-order valence-corrected chi connectivity index (χ0v) is 12.5. The molecule has 0 fully saturated rings. The zero-order valence-electron chi connectivity index (χ0n) is 11.7. The lowest BCUT2D eigenvalue weighted by atomic mass is 10.1. The molecule has 0 aliphatic heterocycles. The van der Waals surface area contributed by atoms with E-state index in [9.17, 15) is 0 Å². The van der Waals surface area contributed by atoms with Crippen molar-refractivity contribution >= 4 is 17.0 Å². The molecule has 21 heavy (non-hydrogen) atoms. The fraction of sp³-hybridized carbons (Fsp3) is 0.188. The first-order valence-electron chi connectivity index (χ1n) is 6.69. The summed E-state index contributed by atoms with van der Waals surface area (Å²) in [4.78, 5) is 4.48. The van der Waals surface area contributed by atoms with E-state index in [2.05, 4.69) is 27.8 Å². The van der Waals surface area contributed by atoms with Gasteiger partial charge in [0.2, 0.25) is 0 Å². The van der Waals surface area contributed by atoms with E-state index in [0.717, 1.165) is 27.7 Å². The molecule has 0 amide bonds. The summed E-state index contributed by atoms with van der Waals surface area (Å²) in [5, 5.41) is 15.4. The third-order valence-electron chi connectivity index (χ3n) is 3.14. The largest absolute Gasteiger partial charge is 0.462 e. The van der Waals surface area contributed by atoms with Crippen LogP contribution in [0.15, 0.2) is 46.2 Å². The monoisotopic (exact) mass is 300 g/mol. The molecule has 0 aliphatic carbocycles. The average molecular weight is 300 g/mol. The van der Waals surface area contributed by atoms with Gasteiger partial charge in [-0.25, -0.2) is 4.98 Å². The van der Waals surface area contributed by atoms with Gasteiger partial charge in [0, 0.05) is 16.6 Å². The first kappa shape index (κ1) is 13.9. The Labute approximate surface area is 127 Å². The number of furan rings is 1. The van der Waals surface area contributed by atoms with Gasteiger partial charge in [-0.05, 0) is 31.2 Å². The van der Waals surface area contributed by atoms with E-state index in [0.29, 0.717) is 12.3 Å². The SMILES string of the molecule is Cc1nc(-c2ccc(NCc3ccc(CO)o3)cc2)cs1. The summed E-state index contributed by atoms with van der Waals surface area (Å²) in [5.41, 5.74) is 3.15. The second kappa shape index (κ2) is 6.11. The predicted molar refractivity (Wildman–Crippen MR) is 84.2 cm³/mol. The average Bonchev–Trinajstić information content (AvgIpc) is 3.14. The summed E-state index contributed by atoms with van der Waals surface area (Å²) in [6.45, 7) is 2.53. The van der Waals surface area contributed by atoms with Crippen LogP contribution in [0.3, 0.4) is 0 Å². The normalized spacial score (nSPS) is 10.8. The molecule has 0 aliphatic rings. The van der Waals surface area contributed by atoms with Crippen LogP contribution in [0, 0.1) is 6.92 Å². The van der Waals surface area contributed by atoms with E-state index in [-0.39, 0.29) is 6.61 Å². The number of nitrogens with one attached hydrogen (secondary N) is 1. The maximum Gasteiger partial charge on any atom is 0.129 e. The van der Waals surface area contributed by atoms with Gasteiger partial charge in [-0.2, -0.15) is 0 Å². The Bertz CT molecular complexity index is 716. The molecule has 108 valence electrons. The molecule has 2 aromatic heterocycles. The topological polar surface area (TPSA) is 58.3 Å². The Kier molecular flexibility index (Phi) is 4.03.